The lowest BCUT2D eigenvalue weighted by molar-refractivity contribution is -0.140. The number of aliphatic hydroxyl groups is 1. The van der Waals surface area contributed by atoms with Crippen LogP contribution in [-0.4, -0.2) is 77.1 Å². The second kappa shape index (κ2) is 10.8. The summed E-state index contributed by atoms with van der Waals surface area (Å²) in [7, 11) is 0. The maximum Gasteiger partial charge on any atom is 0.295 e. The van der Waals surface area contributed by atoms with Crippen molar-refractivity contribution >= 4 is 17.4 Å². The number of likely N-dealkylation sites (tertiary alicyclic amines) is 1. The van der Waals surface area contributed by atoms with Crippen LogP contribution in [0.5, 0.6) is 5.75 Å². The third-order valence-corrected chi connectivity index (χ3v) is 5.98. The van der Waals surface area contributed by atoms with Crippen LogP contribution in [-0.2, 0) is 14.3 Å². The summed E-state index contributed by atoms with van der Waals surface area (Å²) in [6.07, 6.45) is 2.35. The monoisotopic (exact) mass is 465 g/mol. The van der Waals surface area contributed by atoms with Gasteiger partial charge in [-0.05, 0) is 56.7 Å². The zero-order valence-electron chi connectivity index (χ0n) is 19.6. The van der Waals surface area contributed by atoms with E-state index >= 15 is 0 Å². The first-order chi connectivity index (χ1) is 16.5. The van der Waals surface area contributed by atoms with Gasteiger partial charge in [0.25, 0.3) is 11.7 Å². The molecule has 4 rings (SSSR count). The van der Waals surface area contributed by atoms with Crippen molar-refractivity contribution in [2.75, 3.05) is 39.4 Å². The summed E-state index contributed by atoms with van der Waals surface area (Å²) in [5.74, 6) is -0.849. The second-order valence-corrected chi connectivity index (χ2v) is 8.75. The molecule has 2 aliphatic heterocycles. The molecule has 0 radical (unpaired) electrons. The van der Waals surface area contributed by atoms with Gasteiger partial charge >= 0.3 is 0 Å². The minimum Gasteiger partial charge on any atom is -0.507 e. The van der Waals surface area contributed by atoms with Crippen LogP contribution in [0.1, 0.15) is 37.6 Å². The van der Waals surface area contributed by atoms with E-state index in [4.69, 9.17) is 9.47 Å². The maximum atomic E-state index is 13.1. The molecule has 180 valence electrons. The topological polar surface area (TPSA) is 92.2 Å². The van der Waals surface area contributed by atoms with Crippen molar-refractivity contribution in [2.45, 2.75) is 32.4 Å². The summed E-state index contributed by atoms with van der Waals surface area (Å²) in [6, 6.07) is 11.5. The van der Waals surface area contributed by atoms with Crippen LogP contribution < -0.4 is 4.74 Å². The van der Waals surface area contributed by atoms with E-state index < -0.39 is 17.7 Å². The standard InChI is InChI=1S/C26H31N3O5/c1-18(2)34-20-9-7-19(8-10-20)24(30)22-23(21-6-3-4-11-27-21)29(26(32)25(22)31)13-5-12-28-14-16-33-17-15-28/h3-4,6-11,18,23,30H,5,12-17H2,1-2H3. The number of morpholine rings is 1. The molecule has 0 spiro atoms. The number of ether oxygens (including phenoxy) is 2. The van der Waals surface area contributed by atoms with Crippen LogP contribution in [0.15, 0.2) is 54.2 Å². The Hall–Kier alpha value is -3.23. The molecule has 0 saturated carbocycles. The quantitative estimate of drug-likeness (QED) is 0.364. The number of amides is 1. The highest BCUT2D eigenvalue weighted by Gasteiger charge is 2.46. The lowest BCUT2D eigenvalue weighted by Gasteiger charge is -2.28. The molecule has 0 aliphatic carbocycles. The number of hydrogen-bond donors (Lipinski definition) is 1. The highest BCUT2D eigenvalue weighted by atomic mass is 16.5. The molecule has 2 saturated heterocycles. The number of pyridine rings is 1. The van der Waals surface area contributed by atoms with E-state index in [0.717, 1.165) is 19.6 Å². The zero-order valence-corrected chi connectivity index (χ0v) is 19.6. The van der Waals surface area contributed by atoms with Gasteiger partial charge in [-0.1, -0.05) is 6.07 Å². The van der Waals surface area contributed by atoms with Crippen molar-refractivity contribution in [3.8, 4) is 5.75 Å². The van der Waals surface area contributed by atoms with Gasteiger partial charge in [0.1, 0.15) is 17.6 Å². The van der Waals surface area contributed by atoms with Crippen LogP contribution in [0, 0.1) is 0 Å². The van der Waals surface area contributed by atoms with E-state index in [1.54, 1.807) is 42.6 Å². The Morgan fingerprint density at radius 2 is 1.85 bits per heavy atom. The van der Waals surface area contributed by atoms with Gasteiger partial charge in [-0.3, -0.25) is 19.5 Å². The van der Waals surface area contributed by atoms with Crippen LogP contribution in [0.2, 0.25) is 0 Å². The maximum absolute atomic E-state index is 13.1. The van der Waals surface area contributed by atoms with E-state index in [2.05, 4.69) is 9.88 Å². The van der Waals surface area contributed by atoms with Gasteiger partial charge in [0.2, 0.25) is 0 Å². The molecule has 1 aromatic carbocycles. The fourth-order valence-corrected chi connectivity index (χ4v) is 4.36. The van der Waals surface area contributed by atoms with Gasteiger partial charge in [-0.25, -0.2) is 0 Å². The highest BCUT2D eigenvalue weighted by molar-refractivity contribution is 6.46. The summed E-state index contributed by atoms with van der Waals surface area (Å²) in [6.45, 7) is 8.19. The third kappa shape index (κ3) is 5.29. The van der Waals surface area contributed by atoms with Crippen molar-refractivity contribution in [2.24, 2.45) is 0 Å². The predicted molar refractivity (Wildman–Crippen MR) is 127 cm³/mol. The lowest BCUT2D eigenvalue weighted by atomic mass is 9.98. The minimum absolute atomic E-state index is 0.0198. The third-order valence-electron chi connectivity index (χ3n) is 5.98. The molecular formula is C26H31N3O5. The van der Waals surface area contributed by atoms with E-state index in [1.807, 2.05) is 19.9 Å². The molecule has 2 aromatic rings. The van der Waals surface area contributed by atoms with Gasteiger partial charge in [-0.15, -0.1) is 0 Å². The van der Waals surface area contributed by atoms with Gasteiger partial charge in [0, 0.05) is 37.9 Å². The number of benzene rings is 1. The largest absolute Gasteiger partial charge is 0.507 e. The predicted octanol–water partition coefficient (Wildman–Crippen LogP) is 3.01. The highest BCUT2D eigenvalue weighted by Crippen LogP contribution is 2.38. The average molecular weight is 466 g/mol. The van der Waals surface area contributed by atoms with Gasteiger partial charge in [0.05, 0.1) is 30.6 Å². The second-order valence-electron chi connectivity index (χ2n) is 8.75. The van der Waals surface area contributed by atoms with E-state index in [9.17, 15) is 14.7 Å². The molecule has 34 heavy (non-hydrogen) atoms. The number of carbonyl (C=O) groups excluding carboxylic acids is 2. The van der Waals surface area contributed by atoms with Crippen LogP contribution in [0.3, 0.4) is 0 Å². The SMILES string of the molecule is CC(C)Oc1ccc(C(O)=C2C(=O)C(=O)N(CCCN3CCOCC3)C2c2ccccn2)cc1. The Kier molecular flexibility index (Phi) is 7.59. The average Bonchev–Trinajstić information content (AvgIpc) is 3.10. The molecule has 1 N–H and O–H groups in total. The number of aromatic nitrogens is 1. The lowest BCUT2D eigenvalue weighted by Crippen LogP contribution is -2.39. The van der Waals surface area contributed by atoms with Crippen molar-refractivity contribution < 1.29 is 24.2 Å². The first-order valence-corrected chi connectivity index (χ1v) is 11.7. The van der Waals surface area contributed by atoms with Gasteiger partial charge in [-0.2, -0.15) is 0 Å². The summed E-state index contributed by atoms with van der Waals surface area (Å²) in [4.78, 5) is 34.4. The van der Waals surface area contributed by atoms with E-state index in [1.165, 1.54) is 4.90 Å². The molecule has 3 heterocycles. The Labute approximate surface area is 199 Å². The number of Topliss-reactive ketones (excluding diaryl/α,β-unsaturated/α-hetero) is 1. The van der Waals surface area contributed by atoms with Crippen molar-refractivity contribution in [3.63, 3.8) is 0 Å². The molecule has 1 unspecified atom stereocenters. The Morgan fingerprint density at radius 3 is 2.50 bits per heavy atom. The molecule has 0 bridgehead atoms. The summed E-state index contributed by atoms with van der Waals surface area (Å²) < 4.78 is 11.1. The Morgan fingerprint density at radius 1 is 1.12 bits per heavy atom. The number of ketones is 1. The molecule has 1 aromatic heterocycles. The summed E-state index contributed by atoms with van der Waals surface area (Å²) in [5.41, 5.74) is 1.06. The zero-order chi connectivity index (χ0) is 24.1. The first kappa shape index (κ1) is 23.9. The summed E-state index contributed by atoms with van der Waals surface area (Å²) in [5, 5.41) is 11.1. The molecule has 2 aliphatic rings. The molecule has 1 atom stereocenters. The minimum atomic E-state index is -0.738. The fourth-order valence-electron chi connectivity index (χ4n) is 4.36. The number of carbonyl (C=O) groups is 2. The van der Waals surface area contributed by atoms with Crippen LogP contribution in [0.25, 0.3) is 5.76 Å². The fraction of sp³-hybridized carbons (Fsp3) is 0.423. The van der Waals surface area contributed by atoms with Crippen LogP contribution >= 0.6 is 0 Å². The van der Waals surface area contributed by atoms with Crippen LogP contribution in [0.4, 0.5) is 0 Å². The molecule has 1 amide bonds. The van der Waals surface area contributed by atoms with E-state index in [-0.39, 0.29) is 17.4 Å². The molecule has 2 fully saturated rings. The Balaban J connectivity index is 1.62. The number of hydrogen-bond acceptors (Lipinski definition) is 7. The Bertz CT molecular complexity index is 1030. The van der Waals surface area contributed by atoms with E-state index in [0.29, 0.717) is 43.2 Å². The molecule has 8 nitrogen and oxygen atoms in total. The van der Waals surface area contributed by atoms with Crippen molar-refractivity contribution in [3.05, 3.63) is 65.5 Å². The number of rotatable bonds is 8. The number of aliphatic hydroxyl groups excluding tert-OH is 1. The van der Waals surface area contributed by atoms with Gasteiger partial charge in [0.15, 0.2) is 0 Å². The molecular weight excluding hydrogens is 434 g/mol. The summed E-state index contributed by atoms with van der Waals surface area (Å²) >= 11 is 0. The normalized spacial score (nSPS) is 20.8. The first-order valence-electron chi connectivity index (χ1n) is 11.7. The smallest absolute Gasteiger partial charge is 0.295 e. The van der Waals surface area contributed by atoms with Crippen molar-refractivity contribution in [1.29, 1.82) is 0 Å². The van der Waals surface area contributed by atoms with Gasteiger partial charge < -0.3 is 19.5 Å². The molecule has 8 heteroatoms. The van der Waals surface area contributed by atoms with Crippen molar-refractivity contribution in [1.82, 2.24) is 14.8 Å². The number of nitrogens with zero attached hydrogens (tertiary/aromatic N) is 3.